The molecule has 3 atom stereocenters. The summed E-state index contributed by atoms with van der Waals surface area (Å²) in [5, 5.41) is 10.4. The predicted octanol–water partition coefficient (Wildman–Crippen LogP) is 2.23. The van der Waals surface area contributed by atoms with Crippen molar-refractivity contribution in [3.8, 4) is 0 Å². The van der Waals surface area contributed by atoms with Crippen LogP contribution in [0, 0.1) is 11.8 Å². The van der Waals surface area contributed by atoms with Gasteiger partial charge < -0.3 is 15.7 Å². The quantitative estimate of drug-likeness (QED) is 0.734. The Balaban J connectivity index is 2.36. The Morgan fingerprint density at radius 2 is 2.06 bits per heavy atom. The minimum atomic E-state index is -0.581. The van der Waals surface area contributed by atoms with Gasteiger partial charge in [0, 0.05) is 12.6 Å². The first kappa shape index (κ1) is 15.9. The minimum Gasteiger partial charge on any atom is -0.388 e. The highest BCUT2D eigenvalue weighted by Gasteiger charge is 2.39. The molecule has 0 spiro atoms. The van der Waals surface area contributed by atoms with Gasteiger partial charge in [-0.1, -0.05) is 20.3 Å². The molecule has 1 rings (SSSR count). The summed E-state index contributed by atoms with van der Waals surface area (Å²) in [6.45, 7) is 8.33. The Bertz CT molecular complexity index is 245. The van der Waals surface area contributed by atoms with Crippen LogP contribution in [-0.2, 0) is 0 Å². The molecule has 0 radical (unpaired) electrons. The summed E-state index contributed by atoms with van der Waals surface area (Å²) >= 11 is 0. The highest BCUT2D eigenvalue weighted by atomic mass is 16.3. The number of hydrogen-bond donors (Lipinski definition) is 2. The molecule has 0 aromatic rings. The second-order valence-corrected chi connectivity index (χ2v) is 6.64. The SMILES string of the molecule is CC(C)CC(C)N(C)CCC1CCCC1(O)CN. The van der Waals surface area contributed by atoms with E-state index in [1.807, 2.05) is 0 Å². The fourth-order valence-corrected chi connectivity index (χ4v) is 3.25. The fraction of sp³-hybridized carbons (Fsp3) is 1.00. The van der Waals surface area contributed by atoms with E-state index in [2.05, 4.69) is 32.7 Å². The molecule has 0 aromatic carbocycles. The predicted molar refractivity (Wildman–Crippen MR) is 77.5 cm³/mol. The van der Waals surface area contributed by atoms with E-state index in [-0.39, 0.29) is 0 Å². The summed E-state index contributed by atoms with van der Waals surface area (Å²) in [6.07, 6.45) is 5.47. The molecular formula is C15H32N2O. The van der Waals surface area contributed by atoms with E-state index in [9.17, 15) is 5.11 Å². The first-order valence-electron chi connectivity index (χ1n) is 7.51. The van der Waals surface area contributed by atoms with Gasteiger partial charge in [0.15, 0.2) is 0 Å². The van der Waals surface area contributed by atoms with Crippen LogP contribution in [0.25, 0.3) is 0 Å². The second-order valence-electron chi connectivity index (χ2n) is 6.64. The van der Waals surface area contributed by atoms with Crippen molar-refractivity contribution in [2.24, 2.45) is 17.6 Å². The third-order valence-corrected chi connectivity index (χ3v) is 4.67. The Morgan fingerprint density at radius 1 is 1.39 bits per heavy atom. The summed E-state index contributed by atoms with van der Waals surface area (Å²) in [7, 11) is 2.20. The average molecular weight is 256 g/mol. The summed E-state index contributed by atoms with van der Waals surface area (Å²) in [4.78, 5) is 2.43. The van der Waals surface area contributed by atoms with Crippen LogP contribution in [0.15, 0.2) is 0 Å². The van der Waals surface area contributed by atoms with Gasteiger partial charge in [0.2, 0.25) is 0 Å². The van der Waals surface area contributed by atoms with Gasteiger partial charge in [-0.05, 0) is 58.0 Å². The van der Waals surface area contributed by atoms with E-state index in [1.54, 1.807) is 0 Å². The Kier molecular flexibility index (Phi) is 6.09. The molecule has 0 bridgehead atoms. The van der Waals surface area contributed by atoms with Crippen LogP contribution < -0.4 is 5.73 Å². The average Bonchev–Trinajstić information content (AvgIpc) is 2.67. The zero-order chi connectivity index (χ0) is 13.8. The summed E-state index contributed by atoms with van der Waals surface area (Å²) in [5.41, 5.74) is 5.15. The van der Waals surface area contributed by atoms with E-state index in [4.69, 9.17) is 5.73 Å². The first-order chi connectivity index (χ1) is 8.39. The van der Waals surface area contributed by atoms with Crippen molar-refractivity contribution in [2.45, 2.75) is 64.5 Å². The van der Waals surface area contributed by atoms with Gasteiger partial charge in [-0.25, -0.2) is 0 Å². The van der Waals surface area contributed by atoms with Crippen molar-refractivity contribution < 1.29 is 5.11 Å². The molecule has 0 heterocycles. The largest absolute Gasteiger partial charge is 0.388 e. The number of nitrogens with zero attached hydrogens (tertiary/aromatic N) is 1. The van der Waals surface area contributed by atoms with Crippen LogP contribution >= 0.6 is 0 Å². The molecule has 1 aliphatic rings. The molecule has 0 amide bonds. The van der Waals surface area contributed by atoms with Crippen LogP contribution in [0.5, 0.6) is 0 Å². The lowest BCUT2D eigenvalue weighted by atomic mass is 9.88. The minimum absolute atomic E-state index is 0.399. The highest BCUT2D eigenvalue weighted by Crippen LogP contribution is 2.37. The van der Waals surface area contributed by atoms with Crippen LogP contribution in [0.2, 0.25) is 0 Å². The van der Waals surface area contributed by atoms with Crippen LogP contribution in [0.3, 0.4) is 0 Å². The van der Waals surface area contributed by atoms with Crippen molar-refractivity contribution >= 4 is 0 Å². The summed E-state index contributed by atoms with van der Waals surface area (Å²) < 4.78 is 0. The van der Waals surface area contributed by atoms with Crippen molar-refractivity contribution in [3.63, 3.8) is 0 Å². The van der Waals surface area contributed by atoms with Crippen LogP contribution in [0.1, 0.15) is 52.9 Å². The van der Waals surface area contributed by atoms with Crippen molar-refractivity contribution in [1.29, 1.82) is 0 Å². The molecule has 1 fully saturated rings. The van der Waals surface area contributed by atoms with Gasteiger partial charge in [0.25, 0.3) is 0 Å². The maximum Gasteiger partial charge on any atom is 0.0797 e. The lowest BCUT2D eigenvalue weighted by Gasteiger charge is -2.32. The maximum absolute atomic E-state index is 10.4. The lowest BCUT2D eigenvalue weighted by molar-refractivity contribution is 0.00403. The van der Waals surface area contributed by atoms with Gasteiger partial charge in [-0.2, -0.15) is 0 Å². The maximum atomic E-state index is 10.4. The van der Waals surface area contributed by atoms with E-state index in [0.717, 1.165) is 38.1 Å². The molecular weight excluding hydrogens is 224 g/mol. The van der Waals surface area contributed by atoms with Gasteiger partial charge in [-0.3, -0.25) is 0 Å². The number of aliphatic hydroxyl groups is 1. The lowest BCUT2D eigenvalue weighted by Crippen LogP contribution is -2.43. The Hall–Kier alpha value is -0.120. The molecule has 0 aromatic heterocycles. The van der Waals surface area contributed by atoms with Crippen molar-refractivity contribution in [2.75, 3.05) is 20.1 Å². The van der Waals surface area contributed by atoms with Gasteiger partial charge in [-0.15, -0.1) is 0 Å². The van der Waals surface area contributed by atoms with Gasteiger partial charge in [0.1, 0.15) is 0 Å². The zero-order valence-corrected chi connectivity index (χ0v) is 12.7. The molecule has 3 heteroatoms. The van der Waals surface area contributed by atoms with E-state index < -0.39 is 5.60 Å². The summed E-state index contributed by atoms with van der Waals surface area (Å²) in [6, 6.07) is 0.623. The van der Waals surface area contributed by atoms with Gasteiger partial charge in [0.05, 0.1) is 5.60 Å². The molecule has 3 unspecified atom stereocenters. The molecule has 108 valence electrons. The number of nitrogens with two attached hydrogens (primary N) is 1. The summed E-state index contributed by atoms with van der Waals surface area (Å²) in [5.74, 6) is 1.14. The second kappa shape index (κ2) is 6.88. The van der Waals surface area contributed by atoms with Gasteiger partial charge >= 0.3 is 0 Å². The normalized spacial score (nSPS) is 30.3. The number of hydrogen-bond acceptors (Lipinski definition) is 3. The van der Waals surface area contributed by atoms with E-state index in [1.165, 1.54) is 6.42 Å². The molecule has 1 aliphatic carbocycles. The Morgan fingerprint density at radius 3 is 2.61 bits per heavy atom. The van der Waals surface area contributed by atoms with Crippen molar-refractivity contribution in [1.82, 2.24) is 4.90 Å². The monoisotopic (exact) mass is 256 g/mol. The smallest absolute Gasteiger partial charge is 0.0797 e. The highest BCUT2D eigenvalue weighted by molar-refractivity contribution is 4.93. The molecule has 18 heavy (non-hydrogen) atoms. The first-order valence-corrected chi connectivity index (χ1v) is 7.51. The zero-order valence-electron chi connectivity index (χ0n) is 12.7. The third-order valence-electron chi connectivity index (χ3n) is 4.67. The molecule has 1 saturated carbocycles. The third kappa shape index (κ3) is 4.22. The van der Waals surface area contributed by atoms with E-state index in [0.29, 0.717) is 18.5 Å². The topological polar surface area (TPSA) is 49.5 Å². The molecule has 0 saturated heterocycles. The number of rotatable bonds is 7. The van der Waals surface area contributed by atoms with Crippen LogP contribution in [0.4, 0.5) is 0 Å². The fourth-order valence-electron chi connectivity index (χ4n) is 3.25. The molecule has 0 aliphatic heterocycles. The standard InChI is InChI=1S/C15H32N2O/c1-12(2)10-13(3)17(4)9-7-14-6-5-8-15(14,18)11-16/h12-14,18H,5-11,16H2,1-4H3. The Labute approximate surface area is 113 Å². The van der Waals surface area contributed by atoms with Crippen LogP contribution in [-0.4, -0.2) is 41.8 Å². The molecule has 3 N–H and O–H groups in total. The van der Waals surface area contributed by atoms with Crippen molar-refractivity contribution in [3.05, 3.63) is 0 Å². The molecule has 3 nitrogen and oxygen atoms in total. The van der Waals surface area contributed by atoms with E-state index >= 15 is 0 Å².